The second-order valence-corrected chi connectivity index (χ2v) is 4.36. The maximum atomic E-state index is 4.30. The van der Waals surface area contributed by atoms with Crippen molar-refractivity contribution in [1.29, 1.82) is 0 Å². The van der Waals surface area contributed by atoms with E-state index >= 15 is 0 Å². The lowest BCUT2D eigenvalue weighted by Crippen LogP contribution is -2.01. The first-order valence-electron chi connectivity index (χ1n) is 5.00. The number of hydrogen-bond acceptors (Lipinski definition) is 3. The summed E-state index contributed by atoms with van der Waals surface area (Å²) in [7, 11) is 1.93. The molecule has 0 aliphatic carbocycles. The minimum atomic E-state index is 0.754. The Morgan fingerprint density at radius 2 is 2.31 bits per heavy atom. The summed E-state index contributed by atoms with van der Waals surface area (Å²) in [6.45, 7) is 2.76. The molecule has 0 saturated carbocycles. The molecule has 4 nitrogen and oxygen atoms in total. The minimum absolute atomic E-state index is 0.754. The van der Waals surface area contributed by atoms with Crippen LogP contribution in [-0.4, -0.2) is 14.8 Å². The Bertz CT molecular complexity index is 492. The van der Waals surface area contributed by atoms with Crippen LogP contribution in [0.1, 0.15) is 11.3 Å². The monoisotopic (exact) mass is 280 g/mol. The Balaban J connectivity index is 2.08. The van der Waals surface area contributed by atoms with Crippen molar-refractivity contribution < 1.29 is 0 Å². The molecule has 0 atom stereocenters. The SMILES string of the molecule is Cc1nn(C)cc1CNc1cccnc1Br. The minimum Gasteiger partial charge on any atom is -0.379 e. The van der Waals surface area contributed by atoms with E-state index in [2.05, 4.69) is 31.3 Å². The van der Waals surface area contributed by atoms with Crippen LogP contribution in [0, 0.1) is 6.92 Å². The van der Waals surface area contributed by atoms with E-state index in [1.54, 1.807) is 6.20 Å². The lowest BCUT2D eigenvalue weighted by atomic mass is 10.2. The largest absolute Gasteiger partial charge is 0.379 e. The van der Waals surface area contributed by atoms with Crippen molar-refractivity contribution in [3.8, 4) is 0 Å². The number of aromatic nitrogens is 3. The molecule has 0 saturated heterocycles. The summed E-state index contributed by atoms with van der Waals surface area (Å²) in [4.78, 5) is 4.15. The molecule has 0 fully saturated rings. The van der Waals surface area contributed by atoms with Gasteiger partial charge in [0.05, 0.1) is 11.4 Å². The molecule has 0 bridgehead atoms. The van der Waals surface area contributed by atoms with Crippen LogP contribution in [0.3, 0.4) is 0 Å². The average Bonchev–Trinajstić information content (AvgIpc) is 2.56. The second-order valence-electron chi connectivity index (χ2n) is 3.61. The number of aryl methyl sites for hydroxylation is 2. The second kappa shape index (κ2) is 4.65. The molecule has 2 heterocycles. The molecular weight excluding hydrogens is 268 g/mol. The van der Waals surface area contributed by atoms with Crippen LogP contribution in [0.25, 0.3) is 0 Å². The molecule has 0 aliphatic heterocycles. The zero-order valence-electron chi connectivity index (χ0n) is 9.24. The molecule has 16 heavy (non-hydrogen) atoms. The summed E-state index contributed by atoms with van der Waals surface area (Å²) in [5, 5.41) is 7.62. The Morgan fingerprint density at radius 1 is 1.50 bits per heavy atom. The summed E-state index contributed by atoms with van der Waals surface area (Å²) >= 11 is 3.40. The molecule has 0 unspecified atom stereocenters. The molecule has 0 aliphatic rings. The zero-order valence-corrected chi connectivity index (χ0v) is 10.8. The maximum Gasteiger partial charge on any atom is 0.129 e. The topological polar surface area (TPSA) is 42.7 Å². The van der Waals surface area contributed by atoms with Gasteiger partial charge in [-0.15, -0.1) is 0 Å². The van der Waals surface area contributed by atoms with Crippen molar-refractivity contribution in [2.24, 2.45) is 7.05 Å². The lowest BCUT2D eigenvalue weighted by molar-refractivity contribution is 0.756. The highest BCUT2D eigenvalue weighted by atomic mass is 79.9. The van der Waals surface area contributed by atoms with Gasteiger partial charge in [0, 0.05) is 31.5 Å². The summed E-state index contributed by atoms with van der Waals surface area (Å²) in [6, 6.07) is 3.89. The molecule has 0 amide bonds. The smallest absolute Gasteiger partial charge is 0.129 e. The predicted molar refractivity (Wildman–Crippen MR) is 67.2 cm³/mol. The van der Waals surface area contributed by atoms with Gasteiger partial charge in [0.1, 0.15) is 4.60 Å². The van der Waals surface area contributed by atoms with Gasteiger partial charge in [0.25, 0.3) is 0 Å². The van der Waals surface area contributed by atoms with E-state index in [4.69, 9.17) is 0 Å². The summed E-state index contributed by atoms with van der Waals surface area (Å²) in [5.41, 5.74) is 3.24. The Hall–Kier alpha value is -1.36. The van der Waals surface area contributed by atoms with Gasteiger partial charge in [-0.3, -0.25) is 4.68 Å². The highest BCUT2D eigenvalue weighted by Crippen LogP contribution is 2.19. The van der Waals surface area contributed by atoms with Gasteiger partial charge in [-0.1, -0.05) is 0 Å². The summed E-state index contributed by atoms with van der Waals surface area (Å²) in [6.07, 6.45) is 3.77. The van der Waals surface area contributed by atoms with E-state index in [-0.39, 0.29) is 0 Å². The molecule has 1 N–H and O–H groups in total. The van der Waals surface area contributed by atoms with Gasteiger partial charge in [0.15, 0.2) is 0 Å². The first-order valence-corrected chi connectivity index (χ1v) is 5.79. The van der Waals surface area contributed by atoms with Gasteiger partial charge in [-0.25, -0.2) is 4.98 Å². The first kappa shape index (κ1) is 11.1. The number of nitrogens with one attached hydrogen (secondary N) is 1. The molecule has 0 spiro atoms. The van der Waals surface area contributed by atoms with Crippen molar-refractivity contribution in [3.63, 3.8) is 0 Å². The number of hydrogen-bond donors (Lipinski definition) is 1. The predicted octanol–water partition coefficient (Wildman–Crippen LogP) is 2.50. The van der Waals surface area contributed by atoms with E-state index in [0.29, 0.717) is 0 Å². The fraction of sp³-hybridized carbons (Fsp3) is 0.273. The fourth-order valence-corrected chi connectivity index (χ4v) is 1.92. The quantitative estimate of drug-likeness (QED) is 0.879. The highest BCUT2D eigenvalue weighted by Gasteiger charge is 2.04. The molecule has 84 valence electrons. The van der Waals surface area contributed by atoms with Crippen molar-refractivity contribution in [1.82, 2.24) is 14.8 Å². The molecule has 2 rings (SSSR count). The van der Waals surface area contributed by atoms with Crippen LogP contribution in [0.2, 0.25) is 0 Å². The number of rotatable bonds is 3. The molecule has 2 aromatic rings. The highest BCUT2D eigenvalue weighted by molar-refractivity contribution is 9.10. The van der Waals surface area contributed by atoms with Gasteiger partial charge in [-0.05, 0) is 35.0 Å². The molecule has 2 aromatic heterocycles. The van der Waals surface area contributed by atoms with Crippen molar-refractivity contribution >= 4 is 21.6 Å². The van der Waals surface area contributed by atoms with Gasteiger partial charge in [-0.2, -0.15) is 5.10 Å². The summed E-state index contributed by atoms with van der Waals surface area (Å²) < 4.78 is 2.65. The zero-order chi connectivity index (χ0) is 11.5. The molecule has 0 aromatic carbocycles. The van der Waals surface area contributed by atoms with Crippen LogP contribution >= 0.6 is 15.9 Å². The first-order chi connectivity index (χ1) is 7.66. The number of nitrogens with zero attached hydrogens (tertiary/aromatic N) is 3. The molecule has 0 radical (unpaired) electrons. The van der Waals surface area contributed by atoms with Crippen LogP contribution in [-0.2, 0) is 13.6 Å². The van der Waals surface area contributed by atoms with Gasteiger partial charge in [0.2, 0.25) is 0 Å². The van der Waals surface area contributed by atoms with Gasteiger partial charge < -0.3 is 5.32 Å². The number of halogens is 1. The lowest BCUT2D eigenvalue weighted by Gasteiger charge is -2.06. The number of anilines is 1. The fourth-order valence-electron chi connectivity index (χ4n) is 1.53. The maximum absolute atomic E-state index is 4.30. The Morgan fingerprint density at radius 3 is 2.94 bits per heavy atom. The van der Waals surface area contributed by atoms with E-state index in [0.717, 1.165) is 22.5 Å². The van der Waals surface area contributed by atoms with Crippen LogP contribution < -0.4 is 5.32 Å². The van der Waals surface area contributed by atoms with Crippen molar-refractivity contribution in [2.45, 2.75) is 13.5 Å². The molecular formula is C11H13BrN4. The van der Waals surface area contributed by atoms with Gasteiger partial charge >= 0.3 is 0 Å². The van der Waals surface area contributed by atoms with Crippen molar-refractivity contribution in [2.75, 3.05) is 5.32 Å². The van der Waals surface area contributed by atoms with E-state index in [1.165, 1.54) is 5.56 Å². The van der Waals surface area contributed by atoms with E-state index in [1.807, 2.05) is 37.0 Å². The molecule has 5 heteroatoms. The Kier molecular flexibility index (Phi) is 3.24. The third-order valence-corrected chi connectivity index (χ3v) is 2.98. The average molecular weight is 281 g/mol. The Labute approximate surface area is 103 Å². The van der Waals surface area contributed by atoms with Crippen LogP contribution in [0.5, 0.6) is 0 Å². The number of pyridine rings is 1. The third kappa shape index (κ3) is 2.41. The van der Waals surface area contributed by atoms with Crippen molar-refractivity contribution in [3.05, 3.63) is 40.4 Å². The van der Waals surface area contributed by atoms with E-state index < -0.39 is 0 Å². The third-order valence-electron chi connectivity index (χ3n) is 2.34. The van der Waals surface area contributed by atoms with Crippen LogP contribution in [0.4, 0.5) is 5.69 Å². The van der Waals surface area contributed by atoms with E-state index in [9.17, 15) is 0 Å². The summed E-state index contributed by atoms with van der Waals surface area (Å²) in [5.74, 6) is 0. The van der Waals surface area contributed by atoms with Crippen LogP contribution in [0.15, 0.2) is 29.1 Å². The normalized spacial score (nSPS) is 10.4. The standard InChI is InChI=1S/C11H13BrN4/c1-8-9(7-16(2)15-8)6-14-10-4-3-5-13-11(10)12/h3-5,7,14H,6H2,1-2H3.